The number of hydrogen-bond donors (Lipinski definition) is 1. The molecule has 2 aromatic rings. The second-order valence-electron chi connectivity index (χ2n) is 9.27. The molecule has 0 radical (unpaired) electrons. The van der Waals surface area contributed by atoms with Crippen LogP contribution >= 0.6 is 0 Å². The molecule has 214 valence electrons. The maximum Gasteiger partial charge on any atom is 0.338 e. The fourth-order valence-electron chi connectivity index (χ4n) is 5.06. The van der Waals surface area contributed by atoms with Crippen LogP contribution < -0.4 is 33.0 Å². The SMILES string of the molecule is CCN(CC)c1ccc2c(-c3ccccc3C(=O)OCCOCCN)c3ccc(=[N+](CC)CC)cc-3oc2c1.[Cl-]. The minimum Gasteiger partial charge on any atom is -1.00 e. The van der Waals surface area contributed by atoms with E-state index in [-0.39, 0.29) is 25.0 Å². The van der Waals surface area contributed by atoms with Gasteiger partial charge >= 0.3 is 5.97 Å². The minimum absolute atomic E-state index is 0. The van der Waals surface area contributed by atoms with E-state index in [4.69, 9.17) is 19.6 Å². The van der Waals surface area contributed by atoms with Crippen LogP contribution in [0.1, 0.15) is 38.1 Å². The lowest BCUT2D eigenvalue weighted by molar-refractivity contribution is -0.0000285. The summed E-state index contributed by atoms with van der Waals surface area (Å²) in [5, 5.41) is 2.05. The molecule has 1 aliphatic heterocycles. The summed E-state index contributed by atoms with van der Waals surface area (Å²) >= 11 is 0. The van der Waals surface area contributed by atoms with E-state index in [0.29, 0.717) is 25.3 Å². The van der Waals surface area contributed by atoms with Crippen LogP contribution in [-0.2, 0) is 9.47 Å². The third kappa shape index (κ3) is 6.66. The standard InChI is InChI=1S/C32H40N3O4.ClH/c1-5-34(6-2)23-13-15-27-29(21-23)39-30-22-24(35(7-3)8-4)14-16-28(30)31(27)25-11-9-10-12-26(25)32(36)38-20-19-37-18-17-33;/h9-16,21-22H,5-8,17-20,33H2,1-4H3;1H/q+1;/p-1. The number of carbonyl (C=O) groups excluding carboxylic acids is 1. The van der Waals surface area contributed by atoms with Gasteiger partial charge in [-0.25, -0.2) is 9.37 Å². The van der Waals surface area contributed by atoms with Gasteiger partial charge in [-0.3, -0.25) is 0 Å². The Balaban J connectivity index is 0.00000441. The summed E-state index contributed by atoms with van der Waals surface area (Å²) in [6.45, 7) is 13.5. The lowest BCUT2D eigenvalue weighted by Crippen LogP contribution is -3.00. The summed E-state index contributed by atoms with van der Waals surface area (Å²) in [6.07, 6.45) is 0. The smallest absolute Gasteiger partial charge is 0.338 e. The molecular formula is C32H40ClN3O4. The lowest BCUT2D eigenvalue weighted by atomic mass is 9.90. The number of rotatable bonds is 12. The highest BCUT2D eigenvalue weighted by atomic mass is 35.5. The van der Waals surface area contributed by atoms with Crippen LogP contribution in [0.4, 0.5) is 5.69 Å². The van der Waals surface area contributed by atoms with Crippen LogP contribution in [0.3, 0.4) is 0 Å². The summed E-state index contributed by atoms with van der Waals surface area (Å²) < 4.78 is 19.8. The van der Waals surface area contributed by atoms with Crippen molar-refractivity contribution < 1.29 is 31.1 Å². The maximum atomic E-state index is 13.2. The zero-order valence-electron chi connectivity index (χ0n) is 23.9. The van der Waals surface area contributed by atoms with Crippen molar-refractivity contribution in [3.63, 3.8) is 0 Å². The molecule has 2 aromatic carbocycles. The highest BCUT2D eigenvalue weighted by Crippen LogP contribution is 2.42. The predicted molar refractivity (Wildman–Crippen MR) is 158 cm³/mol. The van der Waals surface area contributed by atoms with Gasteiger partial charge in [-0.15, -0.1) is 0 Å². The third-order valence-electron chi connectivity index (χ3n) is 7.09. The molecule has 2 aliphatic rings. The molecule has 1 aliphatic carbocycles. The second-order valence-corrected chi connectivity index (χ2v) is 9.27. The zero-order chi connectivity index (χ0) is 27.8. The number of hydrogen-bond acceptors (Lipinski definition) is 6. The highest BCUT2D eigenvalue weighted by Gasteiger charge is 2.23. The summed E-state index contributed by atoms with van der Waals surface area (Å²) in [7, 11) is 0. The molecule has 0 amide bonds. The summed E-state index contributed by atoms with van der Waals surface area (Å²) in [4.78, 5) is 15.5. The first-order chi connectivity index (χ1) is 19.1. The Morgan fingerprint density at radius 3 is 2.35 bits per heavy atom. The number of ether oxygens (including phenoxy) is 2. The summed E-state index contributed by atoms with van der Waals surface area (Å²) in [5.74, 6) is 0.389. The van der Waals surface area contributed by atoms with Crippen LogP contribution in [0.5, 0.6) is 0 Å². The fraction of sp³-hybridized carbons (Fsp3) is 0.375. The lowest BCUT2D eigenvalue weighted by Gasteiger charge is -2.22. The Labute approximate surface area is 243 Å². The molecule has 0 unspecified atom stereocenters. The molecule has 0 spiro atoms. The van der Waals surface area contributed by atoms with Gasteiger partial charge in [0.15, 0.2) is 0 Å². The number of anilines is 1. The molecule has 1 heterocycles. The Morgan fingerprint density at radius 2 is 1.65 bits per heavy atom. The zero-order valence-corrected chi connectivity index (χ0v) is 24.7. The van der Waals surface area contributed by atoms with E-state index in [2.05, 4.69) is 73.6 Å². The molecule has 0 bridgehead atoms. The van der Waals surface area contributed by atoms with E-state index in [0.717, 1.165) is 70.6 Å². The molecule has 0 aromatic heterocycles. The fourth-order valence-corrected chi connectivity index (χ4v) is 5.06. The van der Waals surface area contributed by atoms with Gasteiger partial charge in [0.05, 0.1) is 24.8 Å². The van der Waals surface area contributed by atoms with Crippen molar-refractivity contribution in [3.05, 3.63) is 71.6 Å². The molecule has 0 saturated heterocycles. The average Bonchev–Trinajstić information content (AvgIpc) is 2.97. The number of fused-ring (bicyclic) bond motifs is 2. The van der Waals surface area contributed by atoms with Crippen molar-refractivity contribution in [1.82, 2.24) is 4.58 Å². The first-order valence-corrected chi connectivity index (χ1v) is 13.9. The Bertz CT molecular complexity index is 1460. The summed E-state index contributed by atoms with van der Waals surface area (Å²) in [6, 6.07) is 20.3. The van der Waals surface area contributed by atoms with Gasteiger partial charge in [-0.1, -0.05) is 18.2 Å². The largest absolute Gasteiger partial charge is 1.00 e. The number of benzene rings is 3. The Kier molecular flexibility index (Phi) is 11.6. The molecule has 0 fully saturated rings. The van der Waals surface area contributed by atoms with Gasteiger partial charge in [0.1, 0.15) is 31.0 Å². The number of esters is 1. The van der Waals surface area contributed by atoms with Crippen molar-refractivity contribution in [2.24, 2.45) is 5.73 Å². The maximum absolute atomic E-state index is 13.2. The van der Waals surface area contributed by atoms with Crippen LogP contribution in [-0.4, -0.2) is 58.5 Å². The monoisotopic (exact) mass is 565 g/mol. The topological polar surface area (TPSA) is 80.9 Å². The number of halogens is 1. The van der Waals surface area contributed by atoms with Crippen molar-refractivity contribution in [2.45, 2.75) is 27.7 Å². The van der Waals surface area contributed by atoms with E-state index in [1.54, 1.807) is 0 Å². The molecule has 0 saturated carbocycles. The second kappa shape index (κ2) is 14.8. The van der Waals surface area contributed by atoms with Gasteiger partial charge < -0.3 is 36.9 Å². The van der Waals surface area contributed by atoms with Gasteiger partial charge in [-0.05, 0) is 57.5 Å². The van der Waals surface area contributed by atoms with Crippen molar-refractivity contribution in [3.8, 4) is 22.5 Å². The normalized spacial score (nSPS) is 10.9. The number of nitrogens with two attached hydrogens (primary N) is 1. The molecule has 7 nitrogen and oxygen atoms in total. The highest BCUT2D eigenvalue weighted by molar-refractivity contribution is 6.08. The Morgan fingerprint density at radius 1 is 0.900 bits per heavy atom. The molecule has 4 rings (SSSR count). The third-order valence-corrected chi connectivity index (χ3v) is 7.09. The average molecular weight is 566 g/mol. The molecule has 40 heavy (non-hydrogen) atoms. The predicted octanol–water partition coefficient (Wildman–Crippen LogP) is 2.00. The Hall–Kier alpha value is -3.39. The van der Waals surface area contributed by atoms with E-state index in [1.165, 1.54) is 0 Å². The van der Waals surface area contributed by atoms with Crippen LogP contribution in [0, 0.1) is 0 Å². The first kappa shape index (κ1) is 31.1. The van der Waals surface area contributed by atoms with Gasteiger partial charge in [-0.2, -0.15) is 0 Å². The van der Waals surface area contributed by atoms with Gasteiger partial charge in [0.25, 0.3) is 0 Å². The van der Waals surface area contributed by atoms with E-state index in [9.17, 15) is 4.79 Å². The van der Waals surface area contributed by atoms with E-state index < -0.39 is 0 Å². The van der Waals surface area contributed by atoms with Crippen molar-refractivity contribution in [2.75, 3.05) is 57.4 Å². The van der Waals surface area contributed by atoms with Crippen LogP contribution in [0.15, 0.2) is 65.1 Å². The minimum atomic E-state index is -0.386. The van der Waals surface area contributed by atoms with Crippen molar-refractivity contribution in [1.29, 1.82) is 0 Å². The summed E-state index contributed by atoms with van der Waals surface area (Å²) in [5.41, 5.74) is 10.6. The van der Waals surface area contributed by atoms with Crippen molar-refractivity contribution >= 4 is 22.6 Å². The number of carbonyl (C=O) groups is 1. The molecule has 8 heteroatoms. The van der Waals surface area contributed by atoms with Crippen LogP contribution in [0.2, 0.25) is 0 Å². The molecule has 2 N–H and O–H groups in total. The first-order valence-electron chi connectivity index (χ1n) is 13.9. The molecular weight excluding hydrogens is 526 g/mol. The van der Waals surface area contributed by atoms with Gasteiger partial charge in [0.2, 0.25) is 5.36 Å². The van der Waals surface area contributed by atoms with Gasteiger partial charge in [0, 0.05) is 54.0 Å². The quantitative estimate of drug-likeness (QED) is 0.122. The van der Waals surface area contributed by atoms with E-state index in [1.807, 2.05) is 24.3 Å². The molecule has 0 atom stereocenters. The van der Waals surface area contributed by atoms with E-state index >= 15 is 0 Å². The number of nitrogens with zero attached hydrogens (tertiary/aromatic N) is 2. The van der Waals surface area contributed by atoms with Crippen LogP contribution in [0.25, 0.3) is 33.4 Å².